The molecule has 0 atom stereocenters. The number of hydrogen-bond acceptors (Lipinski definition) is 0. The molecular formula is C46H30Si. The molecule has 0 amide bonds. The van der Waals surface area contributed by atoms with Crippen molar-refractivity contribution in [2.45, 2.75) is 0 Å². The predicted molar refractivity (Wildman–Crippen MR) is 204 cm³/mol. The zero-order valence-corrected chi connectivity index (χ0v) is 26.8. The first kappa shape index (κ1) is 27.5. The summed E-state index contributed by atoms with van der Waals surface area (Å²) in [6.45, 7) is 0. The maximum atomic E-state index is 2.46. The van der Waals surface area contributed by atoms with Gasteiger partial charge in [-0.1, -0.05) is 186 Å². The summed E-state index contributed by atoms with van der Waals surface area (Å²) >= 11 is 0. The summed E-state index contributed by atoms with van der Waals surface area (Å²) < 4.78 is 0. The first-order valence-electron chi connectivity index (χ1n) is 16.2. The molecule has 0 unspecified atom stereocenters. The van der Waals surface area contributed by atoms with Crippen molar-refractivity contribution in [3.05, 3.63) is 182 Å². The molecule has 9 aromatic carbocycles. The second-order valence-electron chi connectivity index (χ2n) is 12.2. The minimum Gasteiger partial charge on any atom is -0.0631 e. The van der Waals surface area contributed by atoms with E-state index in [1.165, 1.54) is 86.8 Å². The maximum Gasteiger partial charge on any atom is 0.121 e. The average molecular weight is 611 g/mol. The molecule has 0 bridgehead atoms. The largest absolute Gasteiger partial charge is 0.121 e. The molecular weight excluding hydrogens is 581 g/mol. The van der Waals surface area contributed by atoms with Gasteiger partial charge in [-0.2, -0.15) is 0 Å². The van der Waals surface area contributed by atoms with Gasteiger partial charge in [0.15, 0.2) is 0 Å². The lowest BCUT2D eigenvalue weighted by molar-refractivity contribution is 1.63. The normalized spacial score (nSPS) is 11.5. The van der Waals surface area contributed by atoms with Crippen molar-refractivity contribution in [3.8, 4) is 33.4 Å². The van der Waals surface area contributed by atoms with Gasteiger partial charge in [-0.05, 0) is 82.5 Å². The third kappa shape index (κ3) is 4.84. The van der Waals surface area contributed by atoms with Gasteiger partial charge >= 0.3 is 0 Å². The van der Waals surface area contributed by atoms with Crippen LogP contribution in [0.1, 0.15) is 0 Å². The maximum absolute atomic E-state index is 2.46. The lowest BCUT2D eigenvalue weighted by atomic mass is 9.84. The summed E-state index contributed by atoms with van der Waals surface area (Å²) in [6.07, 6.45) is 0. The fourth-order valence-corrected chi connectivity index (χ4v) is 8.38. The molecule has 0 aromatic heterocycles. The van der Waals surface area contributed by atoms with E-state index in [0.29, 0.717) is 9.52 Å². The number of fused-ring (bicyclic) bond motifs is 4. The number of rotatable bonds is 5. The molecule has 9 rings (SSSR count). The van der Waals surface area contributed by atoms with Crippen LogP contribution in [0.3, 0.4) is 0 Å². The Balaban J connectivity index is 1.36. The second-order valence-corrected chi connectivity index (χ2v) is 13.6. The van der Waals surface area contributed by atoms with E-state index in [2.05, 4.69) is 182 Å². The van der Waals surface area contributed by atoms with Crippen LogP contribution in [0, 0.1) is 0 Å². The predicted octanol–water partition coefficient (Wildman–Crippen LogP) is 11.0. The van der Waals surface area contributed by atoms with Crippen LogP contribution in [0.5, 0.6) is 0 Å². The second kappa shape index (κ2) is 11.5. The molecule has 0 fully saturated rings. The Morgan fingerprint density at radius 1 is 0.277 bits per heavy atom. The zero-order chi connectivity index (χ0) is 31.2. The van der Waals surface area contributed by atoms with E-state index in [-0.39, 0.29) is 0 Å². The van der Waals surface area contributed by atoms with Crippen LogP contribution >= 0.6 is 0 Å². The molecule has 0 aliphatic heterocycles. The van der Waals surface area contributed by atoms with Crippen LogP contribution in [0.25, 0.3) is 76.5 Å². The van der Waals surface area contributed by atoms with E-state index >= 15 is 0 Å². The number of benzene rings is 9. The fraction of sp³-hybridized carbons (Fsp3) is 0. The van der Waals surface area contributed by atoms with Gasteiger partial charge < -0.3 is 0 Å². The van der Waals surface area contributed by atoms with Crippen molar-refractivity contribution in [2.24, 2.45) is 0 Å². The monoisotopic (exact) mass is 610 g/mol. The molecule has 0 saturated carbocycles. The Morgan fingerprint density at radius 2 is 0.809 bits per heavy atom. The highest BCUT2D eigenvalue weighted by molar-refractivity contribution is 6.67. The van der Waals surface area contributed by atoms with E-state index < -0.39 is 0 Å². The van der Waals surface area contributed by atoms with Crippen molar-refractivity contribution in [3.63, 3.8) is 0 Å². The number of hydrogen-bond donors (Lipinski definition) is 0. The quantitative estimate of drug-likeness (QED) is 0.134. The third-order valence-corrected chi connectivity index (χ3v) is 10.6. The van der Waals surface area contributed by atoms with Crippen LogP contribution in [0.2, 0.25) is 0 Å². The zero-order valence-electron chi connectivity index (χ0n) is 25.8. The minimum atomic E-state index is 0.583. The van der Waals surface area contributed by atoms with Crippen LogP contribution in [-0.4, -0.2) is 9.52 Å². The first-order chi connectivity index (χ1) is 23.3. The summed E-state index contributed by atoms with van der Waals surface area (Å²) in [5.41, 5.74) is 7.60. The van der Waals surface area contributed by atoms with E-state index in [4.69, 9.17) is 0 Å². The summed E-state index contributed by atoms with van der Waals surface area (Å²) in [5.74, 6) is 0. The van der Waals surface area contributed by atoms with Gasteiger partial charge in [-0.25, -0.2) is 0 Å². The van der Waals surface area contributed by atoms with Crippen molar-refractivity contribution in [1.82, 2.24) is 0 Å². The van der Waals surface area contributed by atoms with Gasteiger partial charge in [0.05, 0.1) is 0 Å². The van der Waals surface area contributed by atoms with Gasteiger partial charge in [0.2, 0.25) is 0 Å². The van der Waals surface area contributed by atoms with Gasteiger partial charge in [0, 0.05) is 0 Å². The van der Waals surface area contributed by atoms with Crippen LogP contribution in [0.4, 0.5) is 0 Å². The van der Waals surface area contributed by atoms with Gasteiger partial charge in [0.25, 0.3) is 0 Å². The first-order valence-corrected chi connectivity index (χ1v) is 17.2. The van der Waals surface area contributed by atoms with Gasteiger partial charge in [0.1, 0.15) is 9.52 Å². The Bertz CT molecular complexity index is 2590. The molecule has 0 aliphatic rings. The van der Waals surface area contributed by atoms with E-state index in [9.17, 15) is 0 Å². The lowest BCUT2D eigenvalue weighted by Gasteiger charge is -2.20. The lowest BCUT2D eigenvalue weighted by Crippen LogP contribution is -2.26. The highest BCUT2D eigenvalue weighted by atomic mass is 28.2. The molecule has 0 spiro atoms. The molecule has 1 heteroatoms. The Labute approximate surface area is 277 Å². The van der Waals surface area contributed by atoms with Crippen LogP contribution in [-0.2, 0) is 0 Å². The molecule has 0 N–H and O–H groups in total. The van der Waals surface area contributed by atoms with Crippen LogP contribution in [0.15, 0.2) is 182 Å². The fourth-order valence-electron chi connectivity index (χ4n) is 7.31. The van der Waals surface area contributed by atoms with Crippen molar-refractivity contribution < 1.29 is 0 Å². The molecule has 9 aromatic rings. The van der Waals surface area contributed by atoms with E-state index in [1.807, 2.05) is 0 Å². The molecule has 0 nitrogen and oxygen atoms in total. The van der Waals surface area contributed by atoms with Crippen molar-refractivity contribution in [2.75, 3.05) is 0 Å². The molecule has 0 saturated heterocycles. The minimum absolute atomic E-state index is 0.583. The summed E-state index contributed by atoms with van der Waals surface area (Å²) in [4.78, 5) is 0. The SMILES string of the molecule is c1ccc([Si]c2ccc3c(-c4cccc5ccccc45)c4ccccc4c(-c4cccc(-c5cccc6ccccc56)c4)c3c2)cc1. The summed E-state index contributed by atoms with van der Waals surface area (Å²) in [5, 5.41) is 12.9. The van der Waals surface area contributed by atoms with Crippen LogP contribution < -0.4 is 10.4 Å². The average Bonchev–Trinajstić information content (AvgIpc) is 3.14. The van der Waals surface area contributed by atoms with Gasteiger partial charge in [-0.15, -0.1) is 0 Å². The molecule has 218 valence electrons. The highest BCUT2D eigenvalue weighted by Crippen LogP contribution is 2.45. The molecule has 47 heavy (non-hydrogen) atoms. The topological polar surface area (TPSA) is 0 Å². The molecule has 0 heterocycles. The van der Waals surface area contributed by atoms with Crippen molar-refractivity contribution in [1.29, 1.82) is 0 Å². The van der Waals surface area contributed by atoms with Gasteiger partial charge in [-0.3, -0.25) is 0 Å². The third-order valence-electron chi connectivity index (χ3n) is 9.40. The Kier molecular flexibility index (Phi) is 6.77. The van der Waals surface area contributed by atoms with E-state index in [0.717, 1.165) is 0 Å². The smallest absolute Gasteiger partial charge is 0.0631 e. The Morgan fingerprint density at radius 3 is 1.55 bits per heavy atom. The molecule has 2 radical (unpaired) electrons. The standard InChI is InChI=1S/C46H30Si/c1-2-19-35(20-3-1)47-36-27-28-43-44(30-36)45(34-18-10-17-33(29-34)39-25-11-15-31-13-4-6-21-37(31)39)41-23-8-9-24-42(41)46(43)40-26-12-16-32-14-5-7-22-38(32)40/h1-30H. The highest BCUT2D eigenvalue weighted by Gasteiger charge is 2.19. The van der Waals surface area contributed by atoms with Crippen molar-refractivity contribution >= 4 is 63.0 Å². The Hall–Kier alpha value is -5.76. The van der Waals surface area contributed by atoms with E-state index in [1.54, 1.807) is 0 Å². The summed E-state index contributed by atoms with van der Waals surface area (Å²) in [6, 6.07) is 67.0. The summed E-state index contributed by atoms with van der Waals surface area (Å²) in [7, 11) is 0.583. The molecule has 0 aliphatic carbocycles.